The Morgan fingerprint density at radius 2 is 2.21 bits per heavy atom. The molecule has 0 bridgehead atoms. The molecule has 0 aromatic heterocycles. The van der Waals surface area contributed by atoms with Gasteiger partial charge in [-0.1, -0.05) is 0 Å². The first-order chi connectivity index (χ1) is 6.61. The Balaban J connectivity index is 2.23. The molecule has 6 nitrogen and oxygen atoms in total. The van der Waals surface area contributed by atoms with Gasteiger partial charge in [0.05, 0.1) is 6.04 Å². The summed E-state index contributed by atoms with van der Waals surface area (Å²) in [6, 6.07) is -0.639. The van der Waals surface area contributed by atoms with Crippen LogP contribution in [0.2, 0.25) is 0 Å². The van der Waals surface area contributed by atoms with E-state index in [1.54, 1.807) is 0 Å². The minimum atomic E-state index is -0.639. The number of rotatable bonds is 2. The van der Waals surface area contributed by atoms with Crippen LogP contribution in [0.4, 0.5) is 0 Å². The largest absolute Gasteiger partial charge is 0.368 e. The minimum absolute atomic E-state index is 0.323. The molecule has 6 heteroatoms. The van der Waals surface area contributed by atoms with E-state index in [2.05, 4.69) is 10.9 Å². The lowest BCUT2D eigenvalue weighted by atomic mass is 10.2. The highest BCUT2D eigenvalue weighted by atomic mass is 16.5. The number of hydrogen-bond donors (Lipinski definition) is 3. The smallest absolute Gasteiger partial charge is 0.267 e. The third kappa shape index (κ3) is 2.97. The molecule has 4 N–H and O–H groups in total. The van der Waals surface area contributed by atoms with Gasteiger partial charge in [-0.3, -0.25) is 20.4 Å². The normalized spacial score (nSPS) is 22.9. The highest BCUT2D eigenvalue weighted by molar-refractivity contribution is 5.86. The molecule has 1 rings (SSSR count). The Morgan fingerprint density at radius 3 is 2.71 bits per heavy atom. The third-order valence-corrected chi connectivity index (χ3v) is 1.94. The fraction of sp³-hybridized carbons (Fsp3) is 0.750. The molecule has 1 heterocycles. The number of ether oxygens (including phenoxy) is 1. The number of carbonyl (C=O) groups is 2. The second-order valence-electron chi connectivity index (χ2n) is 3.27. The Hall–Kier alpha value is -1.14. The van der Waals surface area contributed by atoms with E-state index in [1.165, 1.54) is 6.92 Å². The van der Waals surface area contributed by atoms with Crippen molar-refractivity contribution in [3.8, 4) is 0 Å². The molecule has 1 aliphatic heterocycles. The van der Waals surface area contributed by atoms with Crippen LogP contribution in [0.3, 0.4) is 0 Å². The van der Waals surface area contributed by atoms with Crippen molar-refractivity contribution in [3.05, 3.63) is 0 Å². The first-order valence-electron chi connectivity index (χ1n) is 4.58. The zero-order chi connectivity index (χ0) is 10.6. The number of nitrogens with one attached hydrogen (secondary N) is 2. The average Bonchev–Trinajstić information content (AvgIpc) is 2.66. The maximum absolute atomic E-state index is 11.3. The summed E-state index contributed by atoms with van der Waals surface area (Å²) in [6.07, 6.45) is 1.13. The summed E-state index contributed by atoms with van der Waals surface area (Å²) in [5.74, 6) is -0.743. The lowest BCUT2D eigenvalue weighted by Crippen LogP contribution is -2.50. The monoisotopic (exact) mass is 201 g/mol. The van der Waals surface area contributed by atoms with Crippen LogP contribution in [0, 0.1) is 0 Å². The van der Waals surface area contributed by atoms with Gasteiger partial charge in [0.1, 0.15) is 6.10 Å². The van der Waals surface area contributed by atoms with Gasteiger partial charge in [0.2, 0.25) is 0 Å². The van der Waals surface area contributed by atoms with Crippen molar-refractivity contribution in [2.75, 3.05) is 6.61 Å². The highest BCUT2D eigenvalue weighted by Gasteiger charge is 2.23. The maximum Gasteiger partial charge on any atom is 0.267 e. The van der Waals surface area contributed by atoms with E-state index in [0.29, 0.717) is 13.0 Å². The predicted octanol–water partition coefficient (Wildman–Crippen LogP) is -1.34. The maximum atomic E-state index is 11.3. The number of hydrogen-bond acceptors (Lipinski definition) is 4. The number of amides is 2. The second-order valence-corrected chi connectivity index (χ2v) is 3.27. The predicted molar refractivity (Wildman–Crippen MR) is 48.9 cm³/mol. The van der Waals surface area contributed by atoms with E-state index in [1.807, 2.05) is 0 Å². The van der Waals surface area contributed by atoms with E-state index in [-0.39, 0.29) is 5.91 Å². The van der Waals surface area contributed by atoms with Crippen LogP contribution in [0.5, 0.6) is 0 Å². The summed E-state index contributed by atoms with van der Waals surface area (Å²) in [7, 11) is 0. The molecule has 0 spiro atoms. The lowest BCUT2D eigenvalue weighted by Gasteiger charge is -2.12. The molecule has 0 saturated carbocycles. The van der Waals surface area contributed by atoms with Crippen LogP contribution in [0.25, 0.3) is 0 Å². The fourth-order valence-electron chi connectivity index (χ4n) is 1.10. The van der Waals surface area contributed by atoms with Crippen LogP contribution >= 0.6 is 0 Å². The van der Waals surface area contributed by atoms with Crippen LogP contribution in [0.1, 0.15) is 19.8 Å². The zero-order valence-corrected chi connectivity index (χ0v) is 8.08. The van der Waals surface area contributed by atoms with Gasteiger partial charge in [-0.05, 0) is 19.8 Å². The number of hydrazine groups is 1. The molecule has 80 valence electrons. The van der Waals surface area contributed by atoms with Crippen molar-refractivity contribution in [1.29, 1.82) is 0 Å². The molecular formula is C8H15N3O3. The summed E-state index contributed by atoms with van der Waals surface area (Å²) < 4.78 is 5.11. The molecule has 2 amide bonds. The lowest BCUT2D eigenvalue weighted by molar-refractivity contribution is -0.135. The summed E-state index contributed by atoms with van der Waals surface area (Å²) in [5, 5.41) is 0. The third-order valence-electron chi connectivity index (χ3n) is 1.94. The summed E-state index contributed by atoms with van der Waals surface area (Å²) >= 11 is 0. The van der Waals surface area contributed by atoms with Crippen molar-refractivity contribution in [2.24, 2.45) is 5.73 Å². The number of carbonyl (C=O) groups excluding carboxylic acids is 2. The minimum Gasteiger partial charge on any atom is -0.368 e. The first-order valence-corrected chi connectivity index (χ1v) is 4.58. The molecule has 0 radical (unpaired) electrons. The Morgan fingerprint density at radius 1 is 1.50 bits per heavy atom. The molecule has 0 aliphatic carbocycles. The zero-order valence-electron chi connectivity index (χ0n) is 8.08. The second kappa shape index (κ2) is 4.92. The Labute approximate surface area is 82.1 Å². The van der Waals surface area contributed by atoms with E-state index >= 15 is 0 Å². The average molecular weight is 201 g/mol. The molecule has 1 fully saturated rings. The molecule has 1 aliphatic rings. The molecule has 0 aromatic rings. The first kappa shape index (κ1) is 10.9. The molecule has 1 unspecified atom stereocenters. The molecule has 14 heavy (non-hydrogen) atoms. The number of nitrogens with two attached hydrogens (primary N) is 1. The molecule has 1 saturated heterocycles. The van der Waals surface area contributed by atoms with Crippen molar-refractivity contribution >= 4 is 11.8 Å². The van der Waals surface area contributed by atoms with Gasteiger partial charge in [0, 0.05) is 6.61 Å². The van der Waals surface area contributed by atoms with Crippen LogP contribution in [-0.4, -0.2) is 30.6 Å². The highest BCUT2D eigenvalue weighted by Crippen LogP contribution is 2.11. The topological polar surface area (TPSA) is 93.5 Å². The van der Waals surface area contributed by atoms with Crippen molar-refractivity contribution in [1.82, 2.24) is 10.9 Å². The molecule has 0 aromatic carbocycles. The van der Waals surface area contributed by atoms with E-state index in [0.717, 1.165) is 6.42 Å². The van der Waals surface area contributed by atoms with E-state index in [4.69, 9.17) is 10.5 Å². The van der Waals surface area contributed by atoms with Gasteiger partial charge in [0.25, 0.3) is 11.8 Å². The Kier molecular flexibility index (Phi) is 3.84. The van der Waals surface area contributed by atoms with Crippen LogP contribution in [0.15, 0.2) is 0 Å². The van der Waals surface area contributed by atoms with Gasteiger partial charge in [-0.25, -0.2) is 0 Å². The van der Waals surface area contributed by atoms with Crippen LogP contribution < -0.4 is 16.6 Å². The van der Waals surface area contributed by atoms with Crippen molar-refractivity contribution < 1.29 is 14.3 Å². The van der Waals surface area contributed by atoms with Gasteiger partial charge in [-0.15, -0.1) is 0 Å². The summed E-state index contributed by atoms with van der Waals surface area (Å²) in [4.78, 5) is 22.3. The van der Waals surface area contributed by atoms with Crippen molar-refractivity contribution in [3.63, 3.8) is 0 Å². The van der Waals surface area contributed by atoms with Gasteiger partial charge >= 0.3 is 0 Å². The van der Waals surface area contributed by atoms with E-state index in [9.17, 15) is 9.59 Å². The quantitative estimate of drug-likeness (QED) is 0.482. The van der Waals surface area contributed by atoms with Crippen molar-refractivity contribution in [2.45, 2.75) is 31.9 Å². The van der Waals surface area contributed by atoms with Gasteiger partial charge in [0.15, 0.2) is 0 Å². The summed E-state index contributed by atoms with van der Waals surface area (Å²) in [5.41, 5.74) is 9.76. The SMILES string of the molecule is C[C@@H](N)C(=O)NNC(=O)C1CCCO1. The fourth-order valence-corrected chi connectivity index (χ4v) is 1.10. The standard InChI is InChI=1S/C8H15N3O3/c1-5(9)7(12)10-11-8(13)6-3-2-4-14-6/h5-6H,2-4,9H2,1H3,(H,10,12)(H,11,13)/t5-,6?/m1/s1. The Bertz CT molecular complexity index is 224. The molecule has 2 atom stereocenters. The van der Waals surface area contributed by atoms with Gasteiger partial charge < -0.3 is 10.5 Å². The van der Waals surface area contributed by atoms with Gasteiger partial charge in [-0.2, -0.15) is 0 Å². The van der Waals surface area contributed by atoms with E-state index < -0.39 is 18.1 Å². The summed E-state index contributed by atoms with van der Waals surface area (Å²) in [6.45, 7) is 2.13. The molecular weight excluding hydrogens is 186 g/mol. The van der Waals surface area contributed by atoms with Crippen LogP contribution in [-0.2, 0) is 14.3 Å².